The van der Waals surface area contributed by atoms with E-state index in [2.05, 4.69) is 10.6 Å². The first-order chi connectivity index (χ1) is 13.4. The molecule has 8 heteroatoms. The second kappa shape index (κ2) is 8.53. The van der Waals surface area contributed by atoms with Crippen molar-refractivity contribution in [3.63, 3.8) is 0 Å². The first-order valence-electron chi connectivity index (χ1n) is 8.59. The summed E-state index contributed by atoms with van der Waals surface area (Å²) >= 11 is 1.56. The smallest absolute Gasteiger partial charge is 0.326 e. The number of thiophene rings is 1. The van der Waals surface area contributed by atoms with Gasteiger partial charge in [-0.25, -0.2) is 4.79 Å². The zero-order valence-electron chi connectivity index (χ0n) is 14.9. The molecule has 0 fully saturated rings. The lowest BCUT2D eigenvalue weighted by molar-refractivity contribution is -0.139. The lowest BCUT2D eigenvalue weighted by Gasteiger charge is -2.14. The van der Waals surface area contributed by atoms with Crippen molar-refractivity contribution in [3.8, 4) is 0 Å². The largest absolute Gasteiger partial charge is 0.480 e. The van der Waals surface area contributed by atoms with E-state index in [-0.39, 0.29) is 12.4 Å². The predicted molar refractivity (Wildman–Crippen MR) is 110 cm³/mol. The predicted octanol–water partition coefficient (Wildman–Crippen LogP) is 2.31. The molecule has 0 saturated carbocycles. The Hall–Kier alpha value is -3.39. The third-order valence-corrected chi connectivity index (χ3v) is 5.30. The van der Waals surface area contributed by atoms with Crippen molar-refractivity contribution in [2.24, 2.45) is 5.73 Å². The fourth-order valence-electron chi connectivity index (χ4n) is 2.82. The van der Waals surface area contributed by atoms with Gasteiger partial charge in [-0.3, -0.25) is 10.2 Å². The molecule has 144 valence electrons. The molecule has 2 aromatic carbocycles. The van der Waals surface area contributed by atoms with Crippen LogP contribution in [0.3, 0.4) is 0 Å². The minimum absolute atomic E-state index is 0.132. The van der Waals surface area contributed by atoms with Gasteiger partial charge in [0.1, 0.15) is 6.04 Å². The molecule has 6 N–H and O–H groups in total. The third kappa shape index (κ3) is 4.66. The maximum Gasteiger partial charge on any atom is 0.326 e. The van der Waals surface area contributed by atoms with Gasteiger partial charge in [-0.1, -0.05) is 30.3 Å². The van der Waals surface area contributed by atoms with Crippen LogP contribution in [0.15, 0.2) is 53.9 Å². The molecule has 7 nitrogen and oxygen atoms in total. The first kappa shape index (κ1) is 19.4. The fraction of sp³-hybridized carbons (Fsp3) is 0.150. The highest BCUT2D eigenvalue weighted by Crippen LogP contribution is 2.26. The lowest BCUT2D eigenvalue weighted by Crippen LogP contribution is -2.42. The summed E-state index contributed by atoms with van der Waals surface area (Å²) in [7, 11) is 0. The molecule has 0 aliphatic carbocycles. The van der Waals surface area contributed by atoms with Crippen molar-refractivity contribution < 1.29 is 14.7 Å². The number of aliphatic carboxylic acids is 1. The average molecular weight is 396 g/mol. The molecule has 0 spiro atoms. The molecule has 0 bridgehead atoms. The number of guanidine groups is 1. The minimum atomic E-state index is -1.08. The standard InChI is InChI=1S/C20H20N4O3S/c21-20(22)23-10-12-5-7-13(8-6-12)18(25)24-16(19(26)27)9-14-11-28-17-4-2-1-3-15(14)17/h1-8,11,16H,9-10H2,(H,24,25)(H,26,27)(H4,21,22,23)/t16-/m0/s1. The summed E-state index contributed by atoms with van der Waals surface area (Å²) < 4.78 is 1.09. The lowest BCUT2D eigenvalue weighted by atomic mass is 10.0. The Morgan fingerprint density at radius 1 is 1.14 bits per heavy atom. The van der Waals surface area contributed by atoms with Crippen LogP contribution >= 0.6 is 11.3 Å². The Bertz CT molecular complexity index is 1010. The maximum atomic E-state index is 12.5. The van der Waals surface area contributed by atoms with Gasteiger partial charge in [0.15, 0.2) is 5.96 Å². The van der Waals surface area contributed by atoms with Crippen molar-refractivity contribution in [1.82, 2.24) is 10.6 Å². The van der Waals surface area contributed by atoms with E-state index in [0.29, 0.717) is 12.1 Å². The van der Waals surface area contributed by atoms with Crippen LogP contribution in [0.4, 0.5) is 0 Å². The SMILES string of the molecule is N=C(N)NCc1ccc(C(=O)N[C@@H](Cc2csc3ccccc23)C(=O)O)cc1. The third-order valence-electron chi connectivity index (χ3n) is 4.29. The van der Waals surface area contributed by atoms with Crippen LogP contribution in [0.25, 0.3) is 10.1 Å². The highest BCUT2D eigenvalue weighted by Gasteiger charge is 2.22. The number of hydrogen-bond donors (Lipinski definition) is 5. The number of carboxylic acids is 1. The van der Waals surface area contributed by atoms with Crippen LogP contribution < -0.4 is 16.4 Å². The number of nitrogens with two attached hydrogens (primary N) is 1. The van der Waals surface area contributed by atoms with E-state index in [1.54, 1.807) is 35.6 Å². The van der Waals surface area contributed by atoms with E-state index in [9.17, 15) is 14.7 Å². The van der Waals surface area contributed by atoms with E-state index in [1.807, 2.05) is 29.6 Å². The summed E-state index contributed by atoms with van der Waals surface area (Å²) in [5.41, 5.74) is 7.37. The van der Waals surface area contributed by atoms with Crippen molar-refractivity contribution >= 4 is 39.3 Å². The molecule has 1 amide bonds. The van der Waals surface area contributed by atoms with Gasteiger partial charge in [0, 0.05) is 23.2 Å². The Labute approximate surface area is 165 Å². The molecule has 1 aromatic heterocycles. The molecular formula is C20H20N4O3S. The van der Waals surface area contributed by atoms with Gasteiger partial charge in [0.2, 0.25) is 0 Å². The van der Waals surface area contributed by atoms with E-state index in [1.165, 1.54) is 0 Å². The summed E-state index contributed by atoms with van der Waals surface area (Å²) in [6.45, 7) is 0.375. The Balaban J connectivity index is 1.69. The van der Waals surface area contributed by atoms with Crippen LogP contribution in [0.2, 0.25) is 0 Å². The van der Waals surface area contributed by atoms with E-state index in [4.69, 9.17) is 11.1 Å². The van der Waals surface area contributed by atoms with Crippen molar-refractivity contribution in [1.29, 1.82) is 5.41 Å². The number of fused-ring (bicyclic) bond motifs is 1. The number of hydrogen-bond acceptors (Lipinski definition) is 4. The molecular weight excluding hydrogens is 376 g/mol. The molecule has 0 radical (unpaired) electrons. The Morgan fingerprint density at radius 2 is 1.86 bits per heavy atom. The monoisotopic (exact) mass is 396 g/mol. The average Bonchev–Trinajstić information content (AvgIpc) is 3.09. The van der Waals surface area contributed by atoms with E-state index < -0.39 is 17.9 Å². The van der Waals surface area contributed by atoms with Gasteiger partial charge >= 0.3 is 5.97 Å². The maximum absolute atomic E-state index is 12.5. The van der Waals surface area contributed by atoms with Gasteiger partial charge in [-0.2, -0.15) is 0 Å². The fourth-order valence-corrected chi connectivity index (χ4v) is 3.80. The van der Waals surface area contributed by atoms with Gasteiger partial charge in [-0.15, -0.1) is 11.3 Å². The molecule has 28 heavy (non-hydrogen) atoms. The molecule has 0 aliphatic rings. The highest BCUT2D eigenvalue weighted by molar-refractivity contribution is 7.17. The molecule has 0 saturated heterocycles. The summed E-state index contributed by atoms with van der Waals surface area (Å²) in [6.07, 6.45) is 0.214. The van der Waals surface area contributed by atoms with Gasteiger partial charge in [-0.05, 0) is 40.1 Å². The number of carboxylic acid groups (broad SMARTS) is 1. The molecule has 0 unspecified atom stereocenters. The number of carbonyl (C=O) groups is 2. The van der Waals surface area contributed by atoms with Gasteiger partial charge < -0.3 is 21.5 Å². The van der Waals surface area contributed by atoms with Crippen LogP contribution in [-0.2, 0) is 17.8 Å². The minimum Gasteiger partial charge on any atom is -0.480 e. The van der Waals surface area contributed by atoms with Crippen LogP contribution in [0.1, 0.15) is 21.5 Å². The van der Waals surface area contributed by atoms with Crippen LogP contribution in [0, 0.1) is 5.41 Å². The van der Waals surface area contributed by atoms with Crippen LogP contribution in [0.5, 0.6) is 0 Å². The molecule has 0 aliphatic heterocycles. The number of nitrogens with one attached hydrogen (secondary N) is 3. The summed E-state index contributed by atoms with van der Waals surface area (Å²) in [5.74, 6) is -1.66. The molecule has 1 atom stereocenters. The Kier molecular flexibility index (Phi) is 5.90. The second-order valence-corrected chi connectivity index (χ2v) is 7.20. The number of rotatable bonds is 7. The topological polar surface area (TPSA) is 128 Å². The highest BCUT2D eigenvalue weighted by atomic mass is 32.1. The number of carbonyl (C=O) groups excluding carboxylic acids is 1. The van der Waals surface area contributed by atoms with Crippen LogP contribution in [-0.4, -0.2) is 29.0 Å². The van der Waals surface area contributed by atoms with Crippen molar-refractivity contribution in [2.75, 3.05) is 0 Å². The number of benzene rings is 2. The first-order valence-corrected chi connectivity index (χ1v) is 9.47. The summed E-state index contributed by atoms with van der Waals surface area (Å²) in [5, 5.41) is 24.9. The summed E-state index contributed by atoms with van der Waals surface area (Å²) in [6, 6.07) is 13.5. The van der Waals surface area contributed by atoms with Crippen molar-refractivity contribution in [3.05, 3.63) is 70.6 Å². The quantitative estimate of drug-likeness (QED) is 0.309. The number of amides is 1. The second-order valence-electron chi connectivity index (χ2n) is 6.29. The molecule has 3 rings (SSSR count). The summed E-state index contributed by atoms with van der Waals surface area (Å²) in [4.78, 5) is 24.2. The zero-order chi connectivity index (χ0) is 20.1. The molecule has 3 aromatic rings. The normalized spacial score (nSPS) is 11.7. The zero-order valence-corrected chi connectivity index (χ0v) is 15.8. The van der Waals surface area contributed by atoms with Gasteiger partial charge in [0.25, 0.3) is 5.91 Å². The van der Waals surface area contributed by atoms with Crippen molar-refractivity contribution in [2.45, 2.75) is 19.0 Å². The van der Waals surface area contributed by atoms with Gasteiger partial charge in [0.05, 0.1) is 0 Å². The van der Waals surface area contributed by atoms with E-state index in [0.717, 1.165) is 21.2 Å². The van der Waals surface area contributed by atoms with E-state index >= 15 is 0 Å². The Morgan fingerprint density at radius 3 is 2.54 bits per heavy atom. The molecule has 1 heterocycles.